The predicted molar refractivity (Wildman–Crippen MR) is 185 cm³/mol. The molecule has 2 aliphatic heterocycles. The summed E-state index contributed by atoms with van der Waals surface area (Å²) in [7, 11) is 0. The number of fused-ring (bicyclic) bond motifs is 9. The van der Waals surface area contributed by atoms with Crippen molar-refractivity contribution < 1.29 is 4.74 Å². The molecule has 4 aliphatic carbocycles. The summed E-state index contributed by atoms with van der Waals surface area (Å²) in [4.78, 5) is 2.64. The number of ether oxygens (including phenoxy) is 1. The largest absolute Gasteiger partial charge is 0.485 e. The van der Waals surface area contributed by atoms with E-state index in [-0.39, 0.29) is 6.10 Å². The van der Waals surface area contributed by atoms with E-state index in [4.69, 9.17) is 4.74 Å². The molecule has 1 fully saturated rings. The number of para-hydroxylation sites is 1. The van der Waals surface area contributed by atoms with Crippen LogP contribution in [0.3, 0.4) is 0 Å². The maximum Gasteiger partial charge on any atom is 0.128 e. The summed E-state index contributed by atoms with van der Waals surface area (Å²) in [5.41, 5.74) is 13.8. The van der Waals surface area contributed by atoms with E-state index in [0.717, 1.165) is 37.9 Å². The Bertz CT molecular complexity index is 2070. The van der Waals surface area contributed by atoms with E-state index >= 15 is 0 Å². The van der Waals surface area contributed by atoms with Crippen LogP contribution in [-0.4, -0.2) is 16.7 Å². The van der Waals surface area contributed by atoms with E-state index in [1.807, 2.05) is 0 Å². The zero-order valence-corrected chi connectivity index (χ0v) is 25.4. The average Bonchev–Trinajstić information content (AvgIpc) is 3.75. The summed E-state index contributed by atoms with van der Waals surface area (Å²) in [5.74, 6) is 1.75. The first-order chi connectivity index (χ1) is 22.3. The topological polar surface area (TPSA) is 17.4 Å². The number of hydrogen-bond donors (Lipinski definition) is 0. The Balaban J connectivity index is 1.06. The van der Waals surface area contributed by atoms with Crippen molar-refractivity contribution in [3.63, 3.8) is 0 Å². The quantitative estimate of drug-likeness (QED) is 0.238. The summed E-state index contributed by atoms with van der Waals surface area (Å²) in [6.45, 7) is 0. The average molecular weight is 585 g/mol. The third-order valence-corrected chi connectivity index (χ3v) is 10.9. The highest BCUT2D eigenvalue weighted by Crippen LogP contribution is 2.50. The number of benzene rings is 3. The molecule has 0 saturated carbocycles. The van der Waals surface area contributed by atoms with Gasteiger partial charge in [0.15, 0.2) is 0 Å². The Morgan fingerprint density at radius 3 is 2.64 bits per heavy atom. The van der Waals surface area contributed by atoms with Crippen LogP contribution in [0.2, 0.25) is 0 Å². The fourth-order valence-electron chi connectivity index (χ4n) is 8.93. The molecule has 0 bridgehead atoms. The SMILES string of the molecule is C1=CC2Oc3ccc(-n4c5c(c6cc(C7=CC8C9=CCCC=C9N(c9ccccc9)C8CC7)ccc64)C=CCC5)cc3C2C=C1. The first-order valence-electron chi connectivity index (χ1n) is 16.8. The minimum Gasteiger partial charge on any atom is -0.485 e. The van der Waals surface area contributed by atoms with Crippen molar-refractivity contribution in [2.45, 2.75) is 56.6 Å². The van der Waals surface area contributed by atoms with Gasteiger partial charge in [0.2, 0.25) is 0 Å². The first kappa shape index (κ1) is 25.6. The Morgan fingerprint density at radius 1 is 0.778 bits per heavy atom. The zero-order valence-electron chi connectivity index (χ0n) is 25.4. The lowest BCUT2D eigenvalue weighted by molar-refractivity contribution is 0.269. The molecule has 0 amide bonds. The first-order valence-corrected chi connectivity index (χ1v) is 16.8. The Morgan fingerprint density at radius 2 is 1.69 bits per heavy atom. The van der Waals surface area contributed by atoms with Gasteiger partial charge in [-0.1, -0.05) is 72.9 Å². The third-order valence-electron chi connectivity index (χ3n) is 10.9. The maximum atomic E-state index is 6.29. The molecular weight excluding hydrogens is 548 g/mol. The number of allylic oxidation sites excluding steroid dienone is 7. The minimum atomic E-state index is 0.111. The van der Waals surface area contributed by atoms with Gasteiger partial charge in [0, 0.05) is 57.2 Å². The molecule has 1 aromatic heterocycles. The second-order valence-electron chi connectivity index (χ2n) is 13.3. The molecule has 3 nitrogen and oxygen atoms in total. The lowest BCUT2D eigenvalue weighted by Crippen LogP contribution is -2.33. The second-order valence-corrected chi connectivity index (χ2v) is 13.3. The molecule has 3 aromatic carbocycles. The van der Waals surface area contributed by atoms with Crippen molar-refractivity contribution in [2.75, 3.05) is 4.90 Å². The lowest BCUT2D eigenvalue weighted by Gasteiger charge is -2.32. The van der Waals surface area contributed by atoms with Crippen LogP contribution in [0.5, 0.6) is 5.75 Å². The molecule has 220 valence electrons. The van der Waals surface area contributed by atoms with Gasteiger partial charge >= 0.3 is 0 Å². The van der Waals surface area contributed by atoms with Crippen LogP contribution in [0.4, 0.5) is 5.69 Å². The van der Waals surface area contributed by atoms with E-state index in [0.29, 0.717) is 17.9 Å². The van der Waals surface area contributed by atoms with E-state index in [9.17, 15) is 0 Å². The van der Waals surface area contributed by atoms with Gasteiger partial charge in [-0.2, -0.15) is 0 Å². The number of anilines is 1. The Hall–Kier alpha value is -4.76. The van der Waals surface area contributed by atoms with E-state index in [1.54, 1.807) is 0 Å². The highest BCUT2D eigenvalue weighted by atomic mass is 16.5. The number of nitrogens with zero attached hydrogens (tertiary/aromatic N) is 2. The molecule has 10 rings (SSSR count). The van der Waals surface area contributed by atoms with Crippen LogP contribution in [0, 0.1) is 5.92 Å². The van der Waals surface area contributed by atoms with Crippen molar-refractivity contribution in [3.8, 4) is 11.4 Å². The Kier molecular flexibility index (Phi) is 5.61. The fourth-order valence-corrected chi connectivity index (χ4v) is 8.93. The highest BCUT2D eigenvalue weighted by Gasteiger charge is 2.43. The molecule has 0 N–H and O–H groups in total. The van der Waals surface area contributed by atoms with E-state index in [1.165, 1.54) is 67.9 Å². The summed E-state index contributed by atoms with van der Waals surface area (Å²) in [6.07, 6.45) is 27.9. The molecule has 4 atom stereocenters. The minimum absolute atomic E-state index is 0.111. The van der Waals surface area contributed by atoms with Gasteiger partial charge in [0.05, 0.1) is 5.52 Å². The van der Waals surface area contributed by atoms with Gasteiger partial charge in [-0.3, -0.25) is 0 Å². The monoisotopic (exact) mass is 584 g/mol. The van der Waals surface area contributed by atoms with Gasteiger partial charge in [-0.25, -0.2) is 0 Å². The van der Waals surface area contributed by atoms with Crippen molar-refractivity contribution in [1.29, 1.82) is 0 Å². The molecule has 1 saturated heterocycles. The van der Waals surface area contributed by atoms with Crippen LogP contribution in [0.1, 0.15) is 60.4 Å². The molecule has 4 unspecified atom stereocenters. The lowest BCUT2D eigenvalue weighted by atomic mass is 9.80. The smallest absolute Gasteiger partial charge is 0.128 e. The van der Waals surface area contributed by atoms with Gasteiger partial charge in [0.1, 0.15) is 11.9 Å². The van der Waals surface area contributed by atoms with E-state index in [2.05, 4.69) is 131 Å². The summed E-state index contributed by atoms with van der Waals surface area (Å²) in [5, 5.41) is 1.37. The number of rotatable bonds is 3. The van der Waals surface area contributed by atoms with Gasteiger partial charge in [0.25, 0.3) is 0 Å². The maximum absolute atomic E-state index is 6.29. The summed E-state index contributed by atoms with van der Waals surface area (Å²) >= 11 is 0. The molecule has 0 spiro atoms. The van der Waals surface area contributed by atoms with Gasteiger partial charge < -0.3 is 14.2 Å². The number of aromatic nitrogens is 1. The Labute approximate surface area is 264 Å². The van der Waals surface area contributed by atoms with Crippen molar-refractivity contribution in [2.24, 2.45) is 5.92 Å². The van der Waals surface area contributed by atoms with Gasteiger partial charge in [-0.05, 0) is 104 Å². The molecule has 4 aromatic rings. The van der Waals surface area contributed by atoms with Crippen LogP contribution >= 0.6 is 0 Å². The molecule has 3 heteroatoms. The van der Waals surface area contributed by atoms with Crippen LogP contribution < -0.4 is 9.64 Å². The molecule has 6 aliphatic rings. The predicted octanol–water partition coefficient (Wildman–Crippen LogP) is 9.85. The number of hydrogen-bond acceptors (Lipinski definition) is 2. The fraction of sp³-hybridized carbons (Fsp3) is 0.238. The standard InChI is InChI=1S/C42H36N2O/c1-2-10-29(11-3-1)43-37-15-7-4-12-31(37)34-24-27(18-21-39(34)43)28-19-22-40-35(25-28)32-13-5-8-16-38(32)44(40)30-20-23-42-36(26-30)33-14-6-9-17-41(33)45-42/h1-3,5-6,9-15,17,19-20,22-26,33-34,39,41H,4,7-8,16,18,21H2. The normalized spacial score (nSPS) is 25.5. The molecule has 45 heavy (non-hydrogen) atoms. The molecule has 3 heterocycles. The third kappa shape index (κ3) is 3.83. The van der Waals surface area contributed by atoms with Gasteiger partial charge in [-0.15, -0.1) is 0 Å². The van der Waals surface area contributed by atoms with Crippen LogP contribution in [-0.2, 0) is 6.42 Å². The summed E-state index contributed by atoms with van der Waals surface area (Å²) in [6, 6.07) is 25.6. The van der Waals surface area contributed by atoms with Crippen molar-refractivity contribution in [3.05, 3.63) is 149 Å². The summed E-state index contributed by atoms with van der Waals surface area (Å²) < 4.78 is 8.81. The van der Waals surface area contributed by atoms with Crippen molar-refractivity contribution in [1.82, 2.24) is 4.57 Å². The van der Waals surface area contributed by atoms with Crippen LogP contribution in [0.15, 0.2) is 127 Å². The highest BCUT2D eigenvalue weighted by molar-refractivity contribution is 5.95. The molecular formula is C42H36N2O. The second kappa shape index (κ2) is 9.87. The molecule has 0 radical (unpaired) electrons. The zero-order chi connectivity index (χ0) is 29.5. The van der Waals surface area contributed by atoms with E-state index < -0.39 is 0 Å². The van der Waals surface area contributed by atoms with Crippen LogP contribution in [0.25, 0.3) is 28.2 Å². The van der Waals surface area contributed by atoms with Crippen molar-refractivity contribution >= 4 is 28.2 Å².